The van der Waals surface area contributed by atoms with Crippen molar-refractivity contribution in [1.29, 1.82) is 0 Å². The maximum absolute atomic E-state index is 14.1. The van der Waals surface area contributed by atoms with Gasteiger partial charge in [0.05, 0.1) is 14.2 Å². The highest BCUT2D eigenvalue weighted by atomic mass is 31.2. The van der Waals surface area contributed by atoms with Crippen LogP contribution in [0.5, 0.6) is 11.5 Å². The number of carbonyl (C=O) groups is 1. The molecule has 0 aromatic heterocycles. The van der Waals surface area contributed by atoms with Gasteiger partial charge >= 0.3 is 0 Å². The Kier molecular flexibility index (Phi) is 10.5. The van der Waals surface area contributed by atoms with Gasteiger partial charge in [-0.05, 0) is 36.3 Å². The number of hydrogen-bond acceptors (Lipinski definition) is 4. The maximum Gasteiger partial charge on any atom is 0.228 e. The molecule has 0 spiro atoms. The van der Waals surface area contributed by atoms with E-state index in [2.05, 4.69) is 34.6 Å². The Morgan fingerprint density at radius 2 is 1.59 bits per heavy atom. The second-order valence-corrected chi connectivity index (χ2v) is 12.4. The minimum atomic E-state index is -3.10. The Morgan fingerprint density at radius 3 is 2.07 bits per heavy atom. The van der Waals surface area contributed by atoms with Crippen LogP contribution in [0.25, 0.3) is 0 Å². The number of rotatable bonds is 13. The van der Waals surface area contributed by atoms with Crippen molar-refractivity contribution in [3.8, 4) is 11.5 Å². The van der Waals surface area contributed by atoms with Crippen molar-refractivity contribution in [1.82, 2.24) is 0 Å². The van der Waals surface area contributed by atoms with Gasteiger partial charge in [-0.1, -0.05) is 66.4 Å². The lowest BCUT2D eigenvalue weighted by Crippen LogP contribution is -2.18. The molecule has 0 heterocycles. The summed E-state index contributed by atoms with van der Waals surface area (Å²) in [6, 6.07) is 5.26. The predicted octanol–water partition coefficient (Wildman–Crippen LogP) is 7.25. The van der Waals surface area contributed by atoms with Gasteiger partial charge in [-0.3, -0.25) is 4.79 Å². The molecule has 0 amide bonds. The average molecular weight is 425 g/mol. The van der Waals surface area contributed by atoms with Crippen molar-refractivity contribution < 1.29 is 18.8 Å². The highest BCUT2D eigenvalue weighted by molar-refractivity contribution is 7.81. The molecular weight excluding hydrogens is 383 g/mol. The second kappa shape index (κ2) is 11.8. The van der Waals surface area contributed by atoms with Crippen molar-refractivity contribution >= 4 is 12.7 Å². The van der Waals surface area contributed by atoms with Crippen molar-refractivity contribution in [2.75, 3.05) is 26.5 Å². The van der Waals surface area contributed by atoms with Crippen LogP contribution in [0.15, 0.2) is 18.2 Å². The number of carbonyl (C=O) groups excluding carboxylic acids is 1. The monoisotopic (exact) mass is 424 g/mol. The van der Waals surface area contributed by atoms with Crippen molar-refractivity contribution in [3.63, 3.8) is 0 Å². The van der Waals surface area contributed by atoms with Gasteiger partial charge < -0.3 is 14.0 Å². The maximum atomic E-state index is 14.1. The van der Waals surface area contributed by atoms with E-state index in [0.29, 0.717) is 29.4 Å². The summed E-state index contributed by atoms with van der Waals surface area (Å²) >= 11 is 0. The van der Waals surface area contributed by atoms with Crippen molar-refractivity contribution in [2.24, 2.45) is 11.3 Å². The molecule has 0 bridgehead atoms. The predicted molar refractivity (Wildman–Crippen MR) is 123 cm³/mol. The van der Waals surface area contributed by atoms with Crippen LogP contribution >= 0.6 is 7.14 Å². The van der Waals surface area contributed by atoms with E-state index in [-0.39, 0.29) is 16.9 Å². The number of hydrogen-bond donors (Lipinski definition) is 0. The molecule has 2 atom stereocenters. The summed E-state index contributed by atoms with van der Waals surface area (Å²) in [6.45, 7) is 10.8. The van der Waals surface area contributed by atoms with Crippen molar-refractivity contribution in [2.45, 2.75) is 73.1 Å². The van der Waals surface area contributed by atoms with Crippen LogP contribution in [-0.2, 0) is 4.57 Å². The van der Waals surface area contributed by atoms with Gasteiger partial charge in [0.25, 0.3) is 0 Å². The van der Waals surface area contributed by atoms with E-state index in [1.54, 1.807) is 18.2 Å². The fraction of sp³-hybridized carbons (Fsp3) is 0.708. The molecule has 4 nitrogen and oxygen atoms in total. The largest absolute Gasteiger partial charge is 0.496 e. The molecule has 1 rings (SSSR count). The molecule has 0 saturated heterocycles. The minimum Gasteiger partial charge on any atom is -0.496 e. The Morgan fingerprint density at radius 1 is 1.03 bits per heavy atom. The first-order valence-corrected chi connectivity index (χ1v) is 13.0. The summed E-state index contributed by atoms with van der Waals surface area (Å²) < 4.78 is 25.0. The number of benzene rings is 1. The topological polar surface area (TPSA) is 52.6 Å². The smallest absolute Gasteiger partial charge is 0.228 e. The third-order valence-corrected chi connectivity index (χ3v) is 8.42. The highest BCUT2D eigenvalue weighted by Gasteiger charge is 2.37. The van der Waals surface area contributed by atoms with Gasteiger partial charge in [-0.15, -0.1) is 0 Å². The molecule has 0 radical (unpaired) electrons. The second-order valence-electron chi connectivity index (χ2n) is 9.42. The van der Waals surface area contributed by atoms with E-state index >= 15 is 0 Å². The van der Waals surface area contributed by atoms with E-state index in [1.807, 2.05) is 0 Å². The first-order chi connectivity index (χ1) is 13.6. The van der Waals surface area contributed by atoms with Crippen LogP contribution in [0.2, 0.25) is 0 Å². The zero-order valence-corrected chi connectivity index (χ0v) is 20.4. The molecule has 1 aromatic carbocycles. The number of unbranched alkanes of at least 4 members (excludes halogenated alkanes) is 4. The minimum absolute atomic E-state index is 0.135. The average Bonchev–Trinajstić information content (AvgIpc) is 2.64. The quantitative estimate of drug-likeness (QED) is 0.247. The zero-order chi connectivity index (χ0) is 22.1. The SMILES string of the molecule is CCCCCCCP(=O)(CC(C)CC(C)(C)C)C(=O)c1c(OC)cccc1OC. The highest BCUT2D eigenvalue weighted by Crippen LogP contribution is 2.54. The van der Waals surface area contributed by atoms with E-state index in [4.69, 9.17) is 9.47 Å². The van der Waals surface area contributed by atoms with Gasteiger partial charge in [-0.2, -0.15) is 0 Å². The lowest BCUT2D eigenvalue weighted by atomic mass is 9.86. The Labute approximate surface area is 178 Å². The lowest BCUT2D eigenvalue weighted by molar-refractivity contribution is 0.106. The normalized spacial score (nSPS) is 14.9. The van der Waals surface area contributed by atoms with Gasteiger partial charge in [0, 0.05) is 12.3 Å². The molecule has 166 valence electrons. The molecule has 0 aliphatic rings. The summed E-state index contributed by atoms with van der Waals surface area (Å²) in [4.78, 5) is 13.6. The molecule has 0 saturated carbocycles. The molecular formula is C24H41O4P. The first-order valence-electron chi connectivity index (χ1n) is 10.9. The molecule has 0 N–H and O–H groups in total. The Balaban J connectivity index is 3.19. The number of ether oxygens (including phenoxy) is 2. The van der Waals surface area contributed by atoms with Crippen LogP contribution in [-0.4, -0.2) is 32.1 Å². The molecule has 29 heavy (non-hydrogen) atoms. The molecule has 5 heteroatoms. The molecule has 0 aliphatic carbocycles. The number of methoxy groups -OCH3 is 2. The van der Waals surface area contributed by atoms with E-state index in [1.165, 1.54) is 20.6 Å². The fourth-order valence-corrected chi connectivity index (χ4v) is 7.18. The van der Waals surface area contributed by atoms with E-state index in [9.17, 15) is 9.36 Å². The third-order valence-electron chi connectivity index (χ3n) is 5.20. The van der Waals surface area contributed by atoms with Gasteiger partial charge in [0.15, 0.2) is 7.14 Å². The van der Waals surface area contributed by atoms with E-state index in [0.717, 1.165) is 32.1 Å². The van der Waals surface area contributed by atoms with Crippen molar-refractivity contribution in [3.05, 3.63) is 23.8 Å². The molecule has 0 aliphatic heterocycles. The summed E-state index contributed by atoms with van der Waals surface area (Å²) in [7, 11) is -0.0399. The van der Waals surface area contributed by atoms with Crippen LogP contribution in [0.4, 0.5) is 0 Å². The van der Waals surface area contributed by atoms with Crippen LogP contribution in [0.1, 0.15) is 83.5 Å². The van der Waals surface area contributed by atoms with Gasteiger partial charge in [0.2, 0.25) is 5.52 Å². The molecule has 0 fully saturated rings. The summed E-state index contributed by atoms with van der Waals surface area (Å²) in [6.07, 6.45) is 7.15. The summed E-state index contributed by atoms with van der Waals surface area (Å²) in [5, 5.41) is 0. The summed E-state index contributed by atoms with van der Waals surface area (Å²) in [5.74, 6) is 1.08. The zero-order valence-electron chi connectivity index (χ0n) is 19.5. The van der Waals surface area contributed by atoms with Gasteiger partial charge in [0.1, 0.15) is 17.1 Å². The van der Waals surface area contributed by atoms with E-state index < -0.39 is 7.14 Å². The lowest BCUT2D eigenvalue weighted by Gasteiger charge is -2.27. The van der Waals surface area contributed by atoms with Gasteiger partial charge in [-0.25, -0.2) is 0 Å². The standard InChI is InChI=1S/C24H41O4P/c1-8-9-10-11-12-16-29(26,18-19(2)17-24(3,4)5)23(25)22-20(27-6)14-13-15-21(22)28-7/h13-15,19H,8-12,16-18H2,1-7H3. The fourth-order valence-electron chi connectivity index (χ4n) is 4.13. The van der Waals surface area contributed by atoms with Crippen LogP contribution < -0.4 is 9.47 Å². The third kappa shape index (κ3) is 8.16. The first kappa shape index (κ1) is 25.8. The molecule has 1 aromatic rings. The molecule has 2 unspecified atom stereocenters. The summed E-state index contributed by atoms with van der Waals surface area (Å²) in [5.41, 5.74) is 0.178. The van der Waals surface area contributed by atoms with Crippen LogP contribution in [0, 0.1) is 11.3 Å². The Hall–Kier alpha value is -1.28. The Bertz CT molecular complexity index is 668. The van der Waals surface area contributed by atoms with Crippen LogP contribution in [0.3, 0.4) is 0 Å².